The fourth-order valence-corrected chi connectivity index (χ4v) is 14.6. The maximum Gasteiger partial charge on any atom is 0.501 e. The normalized spacial score (nSPS) is 20.6. The van der Waals surface area contributed by atoms with Crippen LogP contribution in [-0.2, 0) is 22.5 Å². The zero-order valence-corrected chi connectivity index (χ0v) is 23.6. The van der Waals surface area contributed by atoms with Crippen molar-refractivity contribution in [3.8, 4) is 0 Å². The van der Waals surface area contributed by atoms with E-state index in [4.69, 9.17) is 17.7 Å². The van der Waals surface area contributed by atoms with Gasteiger partial charge in [0.25, 0.3) is 14.3 Å². The van der Waals surface area contributed by atoms with Crippen LogP contribution in [0.5, 0.6) is 0 Å². The molecule has 0 bridgehead atoms. The summed E-state index contributed by atoms with van der Waals surface area (Å²) in [7, 11) is -5.21. The zero-order chi connectivity index (χ0) is 23.5. The number of carbonyl (C=O) groups excluding carboxylic acids is 1. The van der Waals surface area contributed by atoms with E-state index in [0.29, 0.717) is 42.5 Å². The summed E-state index contributed by atoms with van der Waals surface area (Å²) in [6.07, 6.45) is 8.45. The largest absolute Gasteiger partial charge is 0.518 e. The van der Waals surface area contributed by atoms with E-state index < -0.39 is 17.1 Å². The van der Waals surface area contributed by atoms with E-state index in [1.165, 1.54) is 32.1 Å². The Balaban J connectivity index is 3.17. The molecule has 0 aromatic heterocycles. The zero-order valence-electron chi connectivity index (χ0n) is 21.6. The second-order valence-electron chi connectivity index (χ2n) is 9.32. The molecule has 1 saturated carbocycles. The Bertz CT molecular complexity index is 483. The highest BCUT2D eigenvalue weighted by Crippen LogP contribution is 2.51. The van der Waals surface area contributed by atoms with E-state index in [1.807, 2.05) is 27.7 Å². The van der Waals surface area contributed by atoms with Crippen molar-refractivity contribution in [1.82, 2.24) is 0 Å². The molecule has 1 rings (SSSR count). The summed E-state index contributed by atoms with van der Waals surface area (Å²) in [6, 6.07) is 0.484. The molecule has 0 heterocycles. The van der Waals surface area contributed by atoms with Crippen LogP contribution in [-0.4, -0.2) is 42.9 Å². The standard InChI is InChI=1S/C24H50O5Si2/c1-9-21(7)31(22(8)10-2,23-17-15-14-16-18-23)29-24(25)20(6)19-30(26-11-3,27-12-4)28-13-5/h20-23H,9-19H2,1-8H3. The Morgan fingerprint density at radius 2 is 1.26 bits per heavy atom. The third-order valence-corrected chi connectivity index (χ3v) is 16.9. The topological polar surface area (TPSA) is 54.0 Å². The number of rotatable bonds is 15. The Morgan fingerprint density at radius 3 is 1.65 bits per heavy atom. The average Bonchev–Trinajstić information content (AvgIpc) is 2.77. The van der Waals surface area contributed by atoms with Crippen LogP contribution in [0, 0.1) is 5.92 Å². The van der Waals surface area contributed by atoms with Crippen molar-refractivity contribution in [2.75, 3.05) is 19.8 Å². The quantitative estimate of drug-likeness (QED) is 0.237. The molecule has 1 aliphatic rings. The highest BCUT2D eigenvalue weighted by atomic mass is 28.4. The molecule has 0 aromatic carbocycles. The molecule has 1 aliphatic carbocycles. The SMILES string of the molecule is CCO[Si](CC(C)C(=O)O[Si](C(C)CC)(C(C)CC)C1CCCCC1)(OCC)OCC. The van der Waals surface area contributed by atoms with Gasteiger partial charge in [-0.15, -0.1) is 0 Å². The van der Waals surface area contributed by atoms with E-state index in [2.05, 4.69) is 27.7 Å². The molecule has 0 amide bonds. The summed E-state index contributed by atoms with van der Waals surface area (Å²) in [4.78, 5) is 13.6. The molecule has 0 radical (unpaired) electrons. The van der Waals surface area contributed by atoms with Crippen molar-refractivity contribution in [1.29, 1.82) is 0 Å². The summed E-state index contributed by atoms with van der Waals surface area (Å²) in [5.41, 5.74) is 1.51. The molecule has 0 spiro atoms. The second kappa shape index (κ2) is 14.1. The highest BCUT2D eigenvalue weighted by molar-refractivity contribution is 6.79. The van der Waals surface area contributed by atoms with Crippen molar-refractivity contribution >= 4 is 23.1 Å². The van der Waals surface area contributed by atoms with Crippen molar-refractivity contribution < 1.29 is 22.5 Å². The first-order valence-corrected chi connectivity index (χ1v) is 17.0. The van der Waals surface area contributed by atoms with Gasteiger partial charge in [0.1, 0.15) is 0 Å². The summed E-state index contributed by atoms with van der Waals surface area (Å²) in [5, 5.41) is 0. The molecule has 0 aliphatic heterocycles. The monoisotopic (exact) mass is 474 g/mol. The fourth-order valence-electron chi connectivity index (χ4n) is 5.46. The third-order valence-electron chi connectivity index (χ3n) is 7.34. The Kier molecular flexibility index (Phi) is 13.1. The van der Waals surface area contributed by atoms with Gasteiger partial charge in [-0.1, -0.05) is 66.7 Å². The van der Waals surface area contributed by atoms with E-state index in [1.54, 1.807) is 0 Å². The van der Waals surface area contributed by atoms with Crippen molar-refractivity contribution in [2.24, 2.45) is 5.92 Å². The first kappa shape index (κ1) is 28.8. The molecule has 0 saturated heterocycles. The molecular weight excluding hydrogens is 424 g/mol. The van der Waals surface area contributed by atoms with Gasteiger partial charge in [-0.2, -0.15) is 0 Å². The molecular formula is C24H50O5Si2. The summed E-state index contributed by atoms with van der Waals surface area (Å²) in [5.74, 6) is -0.353. The highest BCUT2D eigenvalue weighted by Gasteiger charge is 2.54. The van der Waals surface area contributed by atoms with Gasteiger partial charge < -0.3 is 17.7 Å². The third kappa shape index (κ3) is 7.39. The lowest BCUT2D eigenvalue weighted by molar-refractivity contribution is -0.139. The van der Waals surface area contributed by atoms with Crippen LogP contribution < -0.4 is 0 Å². The van der Waals surface area contributed by atoms with E-state index in [9.17, 15) is 4.79 Å². The molecule has 184 valence electrons. The molecule has 5 nitrogen and oxygen atoms in total. The van der Waals surface area contributed by atoms with Gasteiger partial charge in [0.05, 0.1) is 5.92 Å². The molecule has 3 unspecified atom stereocenters. The van der Waals surface area contributed by atoms with Gasteiger partial charge >= 0.3 is 8.80 Å². The number of hydrogen-bond donors (Lipinski definition) is 0. The predicted octanol–water partition coefficient (Wildman–Crippen LogP) is 7.09. The van der Waals surface area contributed by atoms with Crippen LogP contribution in [0.4, 0.5) is 0 Å². The van der Waals surface area contributed by atoms with Gasteiger partial charge in [0, 0.05) is 25.9 Å². The van der Waals surface area contributed by atoms with E-state index >= 15 is 0 Å². The lowest BCUT2D eigenvalue weighted by Crippen LogP contribution is -2.54. The van der Waals surface area contributed by atoms with Gasteiger partial charge in [-0.25, -0.2) is 0 Å². The minimum atomic E-state index is -2.89. The molecule has 31 heavy (non-hydrogen) atoms. The number of hydrogen-bond acceptors (Lipinski definition) is 5. The Hall–Kier alpha value is -0.216. The first-order chi connectivity index (χ1) is 14.8. The lowest BCUT2D eigenvalue weighted by Gasteiger charge is -2.47. The van der Waals surface area contributed by atoms with Crippen molar-refractivity contribution in [3.63, 3.8) is 0 Å². The van der Waals surface area contributed by atoms with Gasteiger partial charge in [0.2, 0.25) is 0 Å². The van der Waals surface area contributed by atoms with Gasteiger partial charge in [-0.3, -0.25) is 4.79 Å². The second-order valence-corrected chi connectivity index (χ2v) is 16.7. The van der Waals surface area contributed by atoms with Crippen LogP contribution in [0.25, 0.3) is 0 Å². The van der Waals surface area contributed by atoms with E-state index in [-0.39, 0.29) is 11.9 Å². The van der Waals surface area contributed by atoms with Crippen LogP contribution >= 0.6 is 0 Å². The maximum atomic E-state index is 13.6. The van der Waals surface area contributed by atoms with E-state index in [0.717, 1.165) is 12.8 Å². The summed E-state index contributed by atoms with van der Waals surface area (Å²) >= 11 is 0. The minimum Gasteiger partial charge on any atom is -0.518 e. The molecule has 7 heteroatoms. The minimum absolute atomic E-state index is 0.0613. The van der Waals surface area contributed by atoms with Gasteiger partial charge in [-0.05, 0) is 50.2 Å². The Labute approximate surface area is 194 Å². The molecule has 1 fully saturated rings. The summed E-state index contributed by atoms with van der Waals surface area (Å²) < 4.78 is 24.8. The molecule has 3 atom stereocenters. The smallest absolute Gasteiger partial charge is 0.501 e. The van der Waals surface area contributed by atoms with Crippen LogP contribution in [0.15, 0.2) is 0 Å². The predicted molar refractivity (Wildman–Crippen MR) is 133 cm³/mol. The fraction of sp³-hybridized carbons (Fsp3) is 0.958. The number of carbonyl (C=O) groups is 1. The molecule has 0 aromatic rings. The maximum absolute atomic E-state index is 13.6. The van der Waals surface area contributed by atoms with Crippen LogP contribution in [0.1, 0.15) is 100 Å². The van der Waals surface area contributed by atoms with Crippen molar-refractivity contribution in [3.05, 3.63) is 0 Å². The summed E-state index contributed by atoms with van der Waals surface area (Å²) in [6.45, 7) is 18.6. The lowest BCUT2D eigenvalue weighted by atomic mass is 10.0. The Morgan fingerprint density at radius 1 is 0.806 bits per heavy atom. The van der Waals surface area contributed by atoms with Crippen LogP contribution in [0.3, 0.4) is 0 Å². The molecule has 0 N–H and O–H groups in total. The first-order valence-electron chi connectivity index (χ1n) is 12.9. The van der Waals surface area contributed by atoms with Gasteiger partial charge in [0.15, 0.2) is 0 Å². The van der Waals surface area contributed by atoms with Crippen LogP contribution in [0.2, 0.25) is 22.7 Å². The average molecular weight is 475 g/mol. The van der Waals surface area contributed by atoms with Crippen molar-refractivity contribution in [2.45, 2.75) is 123 Å².